The number of rotatable bonds is 5. The molecule has 1 amide bonds. The lowest BCUT2D eigenvalue weighted by Crippen LogP contribution is -2.38. The number of hydrogen-bond acceptors (Lipinski definition) is 2. The van der Waals surface area contributed by atoms with Gasteiger partial charge in [-0.3, -0.25) is 4.79 Å². The molecule has 3 nitrogen and oxygen atoms in total. The Kier molecular flexibility index (Phi) is 5.67. The summed E-state index contributed by atoms with van der Waals surface area (Å²) in [5.74, 6) is 0.730. The molecule has 1 aliphatic rings. The van der Waals surface area contributed by atoms with E-state index in [2.05, 4.69) is 10.6 Å². The highest BCUT2D eigenvalue weighted by Gasteiger charge is 2.13. The van der Waals surface area contributed by atoms with Crippen molar-refractivity contribution in [3.63, 3.8) is 0 Å². The van der Waals surface area contributed by atoms with E-state index < -0.39 is 0 Å². The molecule has 4 heteroatoms. The third kappa shape index (κ3) is 5.21. The van der Waals surface area contributed by atoms with Crippen LogP contribution in [0.15, 0.2) is 24.3 Å². The summed E-state index contributed by atoms with van der Waals surface area (Å²) >= 11 is 5.82. The third-order valence-corrected chi connectivity index (χ3v) is 3.79. The van der Waals surface area contributed by atoms with Gasteiger partial charge in [0.05, 0.1) is 0 Å². The Hall–Kier alpha value is -1.06. The Morgan fingerprint density at radius 2 is 2.16 bits per heavy atom. The van der Waals surface area contributed by atoms with Gasteiger partial charge < -0.3 is 10.6 Å². The zero-order valence-electron chi connectivity index (χ0n) is 11.1. The van der Waals surface area contributed by atoms with E-state index in [4.69, 9.17) is 11.6 Å². The molecular formula is C15H21ClN2O. The summed E-state index contributed by atoms with van der Waals surface area (Å²) in [5.41, 5.74) is 1.15. The summed E-state index contributed by atoms with van der Waals surface area (Å²) in [6, 6.07) is 7.67. The summed E-state index contributed by atoms with van der Waals surface area (Å²) in [6.45, 7) is 2.94. The quantitative estimate of drug-likeness (QED) is 0.870. The van der Waals surface area contributed by atoms with Crippen LogP contribution in [-0.2, 0) is 11.2 Å². The molecular weight excluding hydrogens is 260 g/mol. The maximum absolute atomic E-state index is 11.8. The molecule has 0 spiro atoms. The fourth-order valence-electron chi connectivity index (χ4n) is 2.35. The van der Waals surface area contributed by atoms with Gasteiger partial charge in [0, 0.05) is 18.0 Å². The molecule has 1 aromatic carbocycles. The molecule has 1 aliphatic heterocycles. The van der Waals surface area contributed by atoms with E-state index in [9.17, 15) is 4.79 Å². The first-order valence-electron chi connectivity index (χ1n) is 6.96. The number of benzene rings is 1. The normalized spacial score (nSPS) is 19.1. The molecule has 1 aromatic rings. The van der Waals surface area contributed by atoms with Crippen molar-refractivity contribution in [2.45, 2.75) is 25.7 Å². The van der Waals surface area contributed by atoms with Gasteiger partial charge in [-0.2, -0.15) is 0 Å². The van der Waals surface area contributed by atoms with Crippen molar-refractivity contribution >= 4 is 17.5 Å². The van der Waals surface area contributed by atoms with E-state index >= 15 is 0 Å². The number of aryl methyl sites for hydroxylation is 1. The molecule has 0 saturated carbocycles. The van der Waals surface area contributed by atoms with E-state index in [-0.39, 0.29) is 5.91 Å². The lowest BCUT2D eigenvalue weighted by Gasteiger charge is -2.22. The Morgan fingerprint density at radius 3 is 2.84 bits per heavy atom. The maximum Gasteiger partial charge on any atom is 0.220 e. The molecule has 1 fully saturated rings. The molecule has 104 valence electrons. The molecule has 1 atom stereocenters. The van der Waals surface area contributed by atoms with Crippen molar-refractivity contribution in [2.75, 3.05) is 19.6 Å². The number of halogens is 1. The predicted molar refractivity (Wildman–Crippen MR) is 78.4 cm³/mol. The number of piperidine rings is 1. The second kappa shape index (κ2) is 7.51. The second-order valence-corrected chi connectivity index (χ2v) is 5.58. The van der Waals surface area contributed by atoms with Gasteiger partial charge in [-0.25, -0.2) is 0 Å². The average Bonchev–Trinajstić information content (AvgIpc) is 2.45. The minimum atomic E-state index is 0.139. The number of carbonyl (C=O) groups is 1. The summed E-state index contributed by atoms with van der Waals surface area (Å²) in [5, 5.41) is 7.12. The molecule has 1 saturated heterocycles. The Labute approximate surface area is 119 Å². The zero-order chi connectivity index (χ0) is 13.5. The van der Waals surface area contributed by atoms with Crippen molar-refractivity contribution in [2.24, 2.45) is 5.92 Å². The standard InChI is InChI=1S/C15H21ClN2O/c16-14-6-3-12(4-7-14)5-8-15(19)18-11-13-2-1-9-17-10-13/h3-4,6-7,13,17H,1-2,5,8-11H2,(H,18,19). The number of nitrogens with one attached hydrogen (secondary N) is 2. The monoisotopic (exact) mass is 280 g/mol. The van der Waals surface area contributed by atoms with Gasteiger partial charge in [0.25, 0.3) is 0 Å². The first kappa shape index (κ1) is 14.4. The number of amides is 1. The van der Waals surface area contributed by atoms with Gasteiger partial charge in [0.15, 0.2) is 0 Å². The van der Waals surface area contributed by atoms with E-state index in [1.165, 1.54) is 12.8 Å². The lowest BCUT2D eigenvalue weighted by molar-refractivity contribution is -0.121. The van der Waals surface area contributed by atoms with Gasteiger partial charge >= 0.3 is 0 Å². The molecule has 1 unspecified atom stereocenters. The van der Waals surface area contributed by atoms with Crippen molar-refractivity contribution < 1.29 is 4.79 Å². The van der Waals surface area contributed by atoms with Crippen LogP contribution in [-0.4, -0.2) is 25.5 Å². The van der Waals surface area contributed by atoms with Gasteiger partial charge in [-0.1, -0.05) is 23.7 Å². The fraction of sp³-hybridized carbons (Fsp3) is 0.533. The Bertz CT molecular complexity index is 399. The first-order chi connectivity index (χ1) is 9.24. The van der Waals surface area contributed by atoms with Crippen LogP contribution in [0.5, 0.6) is 0 Å². The third-order valence-electron chi connectivity index (χ3n) is 3.54. The highest BCUT2D eigenvalue weighted by Crippen LogP contribution is 2.11. The van der Waals surface area contributed by atoms with Crippen LogP contribution in [0.1, 0.15) is 24.8 Å². The topological polar surface area (TPSA) is 41.1 Å². The van der Waals surface area contributed by atoms with Crippen LogP contribution in [0.4, 0.5) is 0 Å². The van der Waals surface area contributed by atoms with Crippen LogP contribution < -0.4 is 10.6 Å². The molecule has 0 radical (unpaired) electrons. The average molecular weight is 281 g/mol. The van der Waals surface area contributed by atoms with Crippen LogP contribution in [0.3, 0.4) is 0 Å². The van der Waals surface area contributed by atoms with Gasteiger partial charge in [0.2, 0.25) is 5.91 Å². The maximum atomic E-state index is 11.8. The van der Waals surface area contributed by atoms with Crippen LogP contribution in [0.25, 0.3) is 0 Å². The number of hydrogen-bond donors (Lipinski definition) is 2. The SMILES string of the molecule is O=C(CCc1ccc(Cl)cc1)NCC1CCCNC1. The van der Waals surface area contributed by atoms with Crippen molar-refractivity contribution in [3.8, 4) is 0 Å². The molecule has 0 aromatic heterocycles. The van der Waals surface area contributed by atoms with E-state index in [1.54, 1.807) is 0 Å². The largest absolute Gasteiger partial charge is 0.356 e. The summed E-state index contributed by atoms with van der Waals surface area (Å²) < 4.78 is 0. The molecule has 0 aliphatic carbocycles. The molecule has 19 heavy (non-hydrogen) atoms. The van der Waals surface area contributed by atoms with Crippen LogP contribution >= 0.6 is 11.6 Å². The van der Waals surface area contributed by atoms with E-state index in [0.717, 1.165) is 36.6 Å². The smallest absolute Gasteiger partial charge is 0.220 e. The second-order valence-electron chi connectivity index (χ2n) is 5.14. The fourth-order valence-corrected chi connectivity index (χ4v) is 2.48. The van der Waals surface area contributed by atoms with Crippen molar-refractivity contribution in [1.82, 2.24) is 10.6 Å². The summed E-state index contributed by atoms with van der Waals surface area (Å²) in [4.78, 5) is 11.8. The summed E-state index contributed by atoms with van der Waals surface area (Å²) in [7, 11) is 0. The van der Waals surface area contributed by atoms with Gasteiger partial charge in [0.1, 0.15) is 0 Å². The minimum absolute atomic E-state index is 0.139. The zero-order valence-corrected chi connectivity index (χ0v) is 11.9. The van der Waals surface area contributed by atoms with E-state index in [1.807, 2.05) is 24.3 Å². The highest BCUT2D eigenvalue weighted by molar-refractivity contribution is 6.30. The summed E-state index contributed by atoms with van der Waals surface area (Å²) in [6.07, 6.45) is 3.74. The molecule has 2 N–H and O–H groups in total. The van der Waals surface area contributed by atoms with Gasteiger partial charge in [-0.05, 0) is 56.0 Å². The molecule has 2 rings (SSSR count). The van der Waals surface area contributed by atoms with Crippen molar-refractivity contribution in [3.05, 3.63) is 34.9 Å². The number of carbonyl (C=O) groups excluding carboxylic acids is 1. The Balaban J connectivity index is 1.65. The van der Waals surface area contributed by atoms with Crippen LogP contribution in [0.2, 0.25) is 5.02 Å². The first-order valence-corrected chi connectivity index (χ1v) is 7.33. The lowest BCUT2D eigenvalue weighted by atomic mass is 10.00. The minimum Gasteiger partial charge on any atom is -0.356 e. The van der Waals surface area contributed by atoms with Gasteiger partial charge in [-0.15, -0.1) is 0 Å². The highest BCUT2D eigenvalue weighted by atomic mass is 35.5. The Morgan fingerprint density at radius 1 is 1.37 bits per heavy atom. The van der Waals surface area contributed by atoms with Crippen molar-refractivity contribution in [1.29, 1.82) is 0 Å². The van der Waals surface area contributed by atoms with Crippen LogP contribution in [0, 0.1) is 5.92 Å². The van der Waals surface area contributed by atoms with E-state index in [0.29, 0.717) is 12.3 Å². The molecule has 1 heterocycles. The predicted octanol–water partition coefficient (Wildman–Crippen LogP) is 2.39. The molecule has 0 bridgehead atoms.